The number of benzene rings is 6. The van der Waals surface area contributed by atoms with Gasteiger partial charge in [-0.15, -0.1) is 0 Å². The molecular formula is C40H30Br4O4P2Ru2. The minimum atomic E-state index is -0.446. The zero-order chi connectivity index (χ0) is 39.2. The van der Waals surface area contributed by atoms with Gasteiger partial charge >= 0.3 is 126 Å². The largest absolute Gasteiger partial charge is 0.0622 e. The van der Waals surface area contributed by atoms with Gasteiger partial charge in [-0.3, -0.25) is 0 Å². The standard InChI is InChI=1S/2C18H15P.4CO.4BrH.2Ru/c2*1-4-10-16(11-5-1)19(17-12-6-2-7-13-17)18-14-8-3-9-15-18;4*1-2;;;;;;/h2*1-15H;;;;;4*1H;;/q;;;;;;;;;;2*+2/p-4. The van der Waals surface area contributed by atoms with Gasteiger partial charge in [-0.2, -0.15) is 0 Å². The van der Waals surface area contributed by atoms with E-state index in [1.807, 2.05) is 0 Å². The van der Waals surface area contributed by atoms with Crippen LogP contribution in [0.4, 0.5) is 0 Å². The van der Waals surface area contributed by atoms with Crippen LogP contribution in [0.25, 0.3) is 0 Å². The Morgan fingerprint density at radius 3 is 0.462 bits per heavy atom. The number of halogens is 4. The van der Waals surface area contributed by atoms with Crippen LogP contribution in [0.5, 0.6) is 0 Å². The summed E-state index contributed by atoms with van der Waals surface area (Å²) in [5.74, 6) is 0. The molecular weight excluding hydrogens is 1130 g/mol. The van der Waals surface area contributed by atoms with Crippen molar-refractivity contribution in [2.24, 2.45) is 0 Å². The van der Waals surface area contributed by atoms with Crippen LogP contribution in [0, 0.1) is 26.6 Å². The van der Waals surface area contributed by atoms with Gasteiger partial charge in [-0.05, 0) is 47.7 Å². The number of hydrogen-bond donors (Lipinski definition) is 0. The van der Waals surface area contributed by atoms with Gasteiger partial charge in [0.25, 0.3) is 0 Å². The molecule has 0 unspecified atom stereocenters. The molecule has 0 aliphatic heterocycles. The van der Waals surface area contributed by atoms with Gasteiger partial charge in [-0.25, -0.2) is 0 Å². The van der Waals surface area contributed by atoms with Crippen molar-refractivity contribution in [3.05, 3.63) is 209 Å². The zero-order valence-corrected chi connectivity index (χ0v) is 38.7. The van der Waals surface area contributed by atoms with E-state index in [2.05, 4.69) is 263 Å². The maximum Gasteiger partial charge on any atom is -0.0134 e. The van der Waals surface area contributed by atoms with Crippen LogP contribution in [-0.4, -0.2) is 0 Å². The molecule has 0 saturated carbocycles. The van der Waals surface area contributed by atoms with Crippen LogP contribution < -0.4 is 31.8 Å². The van der Waals surface area contributed by atoms with Crippen LogP contribution >= 0.6 is 70.3 Å². The van der Waals surface area contributed by atoms with Crippen molar-refractivity contribution in [3.63, 3.8) is 0 Å². The first-order valence-corrected chi connectivity index (χ1v) is 32.7. The quantitative estimate of drug-likeness (QED) is 0.0690. The second kappa shape index (κ2) is 39.0. The molecule has 0 atom stereocenters. The van der Waals surface area contributed by atoms with Crippen LogP contribution in [0.1, 0.15) is 0 Å². The molecule has 6 rings (SSSR count). The van der Waals surface area contributed by atoms with E-state index in [0.717, 1.165) is 0 Å². The summed E-state index contributed by atoms with van der Waals surface area (Å²) in [4.78, 5) is 0. The predicted octanol–water partition coefficient (Wildman–Crippen LogP) is 10.1. The summed E-state index contributed by atoms with van der Waals surface area (Å²) in [7, 11) is -0.892. The van der Waals surface area contributed by atoms with Crippen LogP contribution in [-0.2, 0) is 45.0 Å². The Morgan fingerprint density at radius 2 is 0.365 bits per heavy atom. The van der Waals surface area contributed by atoms with Crippen molar-refractivity contribution in [2.45, 2.75) is 0 Å². The molecule has 4 nitrogen and oxygen atoms in total. The smallest absolute Gasteiger partial charge is 0.0134 e. The SMILES string of the molecule is [Br][Ru][Br].[Br][Ru][Br].[C-]#[O+].[C-]#[O+].[C-]#[O+].[C-]#[O+].c1ccc(P(c2ccccc2)c2ccccc2)cc1.c1ccc(P(c2ccccc2)c2ccccc2)cc1. The van der Waals surface area contributed by atoms with Crippen molar-refractivity contribution >= 4 is 102 Å². The summed E-state index contributed by atoms with van der Waals surface area (Å²) in [5.41, 5.74) is 0. The van der Waals surface area contributed by atoms with Gasteiger partial charge in [0.2, 0.25) is 0 Å². The van der Waals surface area contributed by atoms with Crippen molar-refractivity contribution in [3.8, 4) is 0 Å². The Bertz CT molecular complexity index is 1410. The van der Waals surface area contributed by atoms with Gasteiger partial charge in [0.15, 0.2) is 0 Å². The molecule has 0 aliphatic carbocycles. The Morgan fingerprint density at radius 1 is 0.269 bits per heavy atom. The second-order valence-electron chi connectivity index (χ2n) is 8.79. The van der Waals surface area contributed by atoms with Gasteiger partial charge in [0.1, 0.15) is 0 Å². The van der Waals surface area contributed by atoms with Crippen LogP contribution in [0.15, 0.2) is 182 Å². The summed E-state index contributed by atoms with van der Waals surface area (Å²) in [5, 5.41) is 8.39. The van der Waals surface area contributed by atoms with Gasteiger partial charge < -0.3 is 0 Å². The van der Waals surface area contributed by atoms with E-state index < -0.39 is 15.8 Å². The Hall–Kier alpha value is -1.69. The van der Waals surface area contributed by atoms with Crippen LogP contribution in [0.2, 0.25) is 0 Å². The van der Waals surface area contributed by atoms with E-state index in [-0.39, 0.29) is 0 Å². The van der Waals surface area contributed by atoms with Crippen molar-refractivity contribution in [1.82, 2.24) is 0 Å². The van der Waals surface area contributed by atoms with E-state index in [4.69, 9.17) is 18.6 Å². The molecule has 0 fully saturated rings. The predicted molar refractivity (Wildman–Crippen MR) is 222 cm³/mol. The summed E-state index contributed by atoms with van der Waals surface area (Å²) < 4.78 is 30.0. The van der Waals surface area contributed by atoms with Gasteiger partial charge in [0, 0.05) is 0 Å². The zero-order valence-electron chi connectivity index (χ0n) is 27.1. The molecule has 268 valence electrons. The molecule has 0 heterocycles. The van der Waals surface area contributed by atoms with E-state index in [9.17, 15) is 0 Å². The van der Waals surface area contributed by atoms with E-state index >= 15 is 0 Å². The van der Waals surface area contributed by atoms with Gasteiger partial charge in [0.05, 0.1) is 0 Å². The van der Waals surface area contributed by atoms with Gasteiger partial charge in [-0.1, -0.05) is 182 Å². The molecule has 6 aromatic carbocycles. The Labute approximate surface area is 352 Å². The third kappa shape index (κ3) is 21.9. The third-order valence-corrected chi connectivity index (χ3v) is 11.0. The number of hydrogen-bond acceptors (Lipinski definition) is 0. The summed E-state index contributed by atoms with van der Waals surface area (Å²) in [6.45, 7) is 18.0. The Kier molecular flexibility index (Phi) is 39.3. The topological polar surface area (TPSA) is 79.6 Å². The second-order valence-corrected chi connectivity index (χ2v) is 29.3. The molecule has 6 aromatic rings. The van der Waals surface area contributed by atoms with E-state index in [0.29, 0.717) is 26.4 Å². The minimum Gasteiger partial charge on any atom is -0.0622 e. The third-order valence-electron chi connectivity index (χ3n) is 6.09. The van der Waals surface area contributed by atoms with Crippen molar-refractivity contribution in [1.29, 1.82) is 0 Å². The average molecular weight is 1160 g/mol. The Balaban J connectivity index is 0. The number of rotatable bonds is 6. The average Bonchev–Trinajstić information content (AvgIpc) is 3.24. The molecule has 0 radical (unpaired) electrons. The fraction of sp³-hybridized carbons (Fsp3) is 0. The van der Waals surface area contributed by atoms with Crippen LogP contribution in [0.3, 0.4) is 0 Å². The van der Waals surface area contributed by atoms with E-state index in [1.165, 1.54) is 31.8 Å². The molecule has 0 aliphatic rings. The molecule has 0 amide bonds. The first kappa shape index (κ1) is 52.4. The molecule has 0 aromatic heterocycles. The maximum atomic E-state index is 7.50. The van der Waals surface area contributed by atoms with Crippen molar-refractivity contribution in [2.75, 3.05) is 0 Å². The van der Waals surface area contributed by atoms with Crippen molar-refractivity contribution < 1.29 is 45.0 Å². The normalized spacial score (nSPS) is 8.73. The maximum absolute atomic E-state index is 7.50. The first-order chi connectivity index (χ1) is 25.7. The summed E-state index contributed by atoms with van der Waals surface area (Å²) >= 11 is 13.3. The minimum absolute atomic E-state index is 0.335. The molecule has 52 heavy (non-hydrogen) atoms. The first-order valence-electron chi connectivity index (χ1n) is 14.2. The summed E-state index contributed by atoms with van der Waals surface area (Å²) in [6, 6.07) is 64.7. The fourth-order valence-electron chi connectivity index (χ4n) is 4.36. The van der Waals surface area contributed by atoms with E-state index in [1.54, 1.807) is 0 Å². The molecule has 0 bridgehead atoms. The monoisotopic (exact) mass is 1160 g/mol. The molecule has 12 heteroatoms. The molecule has 0 saturated heterocycles. The molecule has 0 spiro atoms. The summed E-state index contributed by atoms with van der Waals surface area (Å²) in [6.07, 6.45) is 0. The molecule has 0 N–H and O–H groups in total. The fourth-order valence-corrected chi connectivity index (χ4v) is 8.97.